The maximum atomic E-state index is 10.3. The predicted octanol–water partition coefficient (Wildman–Crippen LogP) is 1.99. The van der Waals surface area contributed by atoms with E-state index in [0.717, 1.165) is 0 Å². The van der Waals surface area contributed by atoms with Crippen molar-refractivity contribution in [2.24, 2.45) is 0 Å². The van der Waals surface area contributed by atoms with Crippen molar-refractivity contribution in [1.29, 1.82) is 0 Å². The summed E-state index contributed by atoms with van der Waals surface area (Å²) in [6.45, 7) is 8.42. The molecule has 84 valence electrons. The van der Waals surface area contributed by atoms with Gasteiger partial charge in [0.05, 0.1) is 6.54 Å². The molecule has 1 aliphatic rings. The molecule has 1 aromatic heterocycles. The van der Waals surface area contributed by atoms with Crippen molar-refractivity contribution in [3.8, 4) is 6.01 Å². The molecule has 0 saturated heterocycles. The Bertz CT molecular complexity index is 345. The van der Waals surface area contributed by atoms with Crippen LogP contribution >= 0.6 is 0 Å². The Labute approximate surface area is 88.0 Å². The molecule has 0 radical (unpaired) electrons. The summed E-state index contributed by atoms with van der Waals surface area (Å²) in [5.74, 6) is -0.162. The van der Waals surface area contributed by atoms with E-state index in [1.54, 1.807) is 4.57 Å². The van der Waals surface area contributed by atoms with Crippen LogP contribution in [0.1, 0.15) is 27.7 Å². The van der Waals surface area contributed by atoms with Gasteiger partial charge in [0.25, 0.3) is 0 Å². The molecule has 0 aromatic carbocycles. The van der Waals surface area contributed by atoms with E-state index in [9.17, 15) is 10.1 Å². The molecule has 0 bridgehead atoms. The van der Waals surface area contributed by atoms with Crippen molar-refractivity contribution in [3.63, 3.8) is 0 Å². The summed E-state index contributed by atoms with van der Waals surface area (Å²) in [6.07, 6.45) is 1.39. The summed E-state index contributed by atoms with van der Waals surface area (Å²) < 4.78 is 7.02. The van der Waals surface area contributed by atoms with Crippen LogP contribution in [0.4, 0.5) is 5.82 Å². The highest BCUT2D eigenvalue weighted by atomic mass is 16.6. The summed E-state index contributed by atoms with van der Waals surface area (Å²) in [5.41, 5.74) is -0.308. The topological polar surface area (TPSA) is 70.2 Å². The van der Waals surface area contributed by atoms with Crippen LogP contribution < -0.4 is 4.74 Å². The van der Waals surface area contributed by atoms with Gasteiger partial charge in [0.15, 0.2) is 0 Å². The first kappa shape index (κ1) is 11.5. The second kappa shape index (κ2) is 3.88. The zero-order valence-corrected chi connectivity index (χ0v) is 9.35. The Balaban J connectivity index is 0.000000531. The number of rotatable bonds is 1. The second-order valence-corrected chi connectivity index (χ2v) is 3.63. The van der Waals surface area contributed by atoms with E-state index >= 15 is 0 Å². The van der Waals surface area contributed by atoms with Gasteiger partial charge in [-0.3, -0.25) is 4.57 Å². The maximum Gasteiger partial charge on any atom is 0.414 e. The fourth-order valence-electron chi connectivity index (χ4n) is 1.36. The number of imidazole rings is 1. The normalized spacial score (nSPS) is 16.0. The van der Waals surface area contributed by atoms with Crippen LogP contribution in [0, 0.1) is 10.1 Å². The number of hydrogen-bond donors (Lipinski definition) is 0. The summed E-state index contributed by atoms with van der Waals surface area (Å²) in [6, 6.07) is 0.330. The lowest BCUT2D eigenvalue weighted by Gasteiger charge is -2.13. The molecule has 0 unspecified atom stereocenters. The molecule has 0 atom stereocenters. The Morgan fingerprint density at radius 1 is 1.60 bits per heavy atom. The Morgan fingerprint density at radius 3 is 2.67 bits per heavy atom. The Kier molecular flexibility index (Phi) is 2.97. The molecular formula is C9H15N3O3. The minimum absolute atomic E-state index is 0.162. The summed E-state index contributed by atoms with van der Waals surface area (Å²) in [7, 11) is 0. The number of aromatic nitrogens is 2. The first-order valence-electron chi connectivity index (χ1n) is 4.88. The van der Waals surface area contributed by atoms with Gasteiger partial charge >= 0.3 is 11.8 Å². The van der Waals surface area contributed by atoms with Crippen molar-refractivity contribution in [1.82, 2.24) is 9.55 Å². The highest BCUT2D eigenvalue weighted by Gasteiger charge is 2.36. The second-order valence-electron chi connectivity index (χ2n) is 3.63. The van der Waals surface area contributed by atoms with E-state index in [1.807, 2.05) is 27.7 Å². The van der Waals surface area contributed by atoms with E-state index in [0.29, 0.717) is 12.6 Å². The third-order valence-corrected chi connectivity index (χ3v) is 1.83. The fourth-order valence-corrected chi connectivity index (χ4v) is 1.36. The average Bonchev–Trinajstić information content (AvgIpc) is 2.61. The largest absolute Gasteiger partial charge is 0.438 e. The number of nitro groups is 1. The van der Waals surface area contributed by atoms with Gasteiger partial charge in [-0.05, 0) is 18.8 Å². The molecule has 0 fully saturated rings. The third-order valence-electron chi connectivity index (χ3n) is 1.83. The molecule has 15 heavy (non-hydrogen) atoms. The molecule has 0 N–H and O–H groups in total. The molecule has 2 rings (SSSR count). The van der Waals surface area contributed by atoms with E-state index in [2.05, 4.69) is 4.98 Å². The van der Waals surface area contributed by atoms with Crippen molar-refractivity contribution >= 4 is 5.82 Å². The number of fused-ring (bicyclic) bond motifs is 1. The number of ether oxygens (including phenoxy) is 1. The van der Waals surface area contributed by atoms with E-state index in [1.165, 1.54) is 6.20 Å². The van der Waals surface area contributed by atoms with Gasteiger partial charge in [-0.2, -0.15) is 0 Å². The van der Waals surface area contributed by atoms with Gasteiger partial charge in [0.1, 0.15) is 11.8 Å². The van der Waals surface area contributed by atoms with Gasteiger partial charge in [-0.15, -0.1) is 0 Å². The van der Waals surface area contributed by atoms with Crippen molar-refractivity contribution in [3.05, 3.63) is 16.3 Å². The van der Waals surface area contributed by atoms with Crippen LogP contribution in [0.25, 0.3) is 0 Å². The minimum atomic E-state index is -0.526. The molecule has 6 nitrogen and oxygen atoms in total. The zero-order valence-electron chi connectivity index (χ0n) is 9.35. The fraction of sp³-hybridized carbons (Fsp3) is 0.667. The molecule has 0 saturated carbocycles. The first-order valence-corrected chi connectivity index (χ1v) is 4.88. The SMILES string of the molecule is CC.CC1(C)Cn2cc([N+](=O)[O-])nc2O1. The standard InChI is InChI=1S/C7H9N3O3.C2H6/c1-7(2)4-9-3-5(10(11)12)8-6(9)13-7;1-2/h3H,4H2,1-2H3;1-2H3. The lowest BCUT2D eigenvalue weighted by atomic mass is 10.1. The maximum absolute atomic E-state index is 10.3. The van der Waals surface area contributed by atoms with Crippen LogP contribution in [-0.4, -0.2) is 20.1 Å². The molecule has 6 heteroatoms. The predicted molar refractivity (Wildman–Crippen MR) is 54.9 cm³/mol. The molecule has 2 heterocycles. The minimum Gasteiger partial charge on any atom is -0.438 e. The van der Waals surface area contributed by atoms with E-state index in [-0.39, 0.29) is 11.4 Å². The van der Waals surface area contributed by atoms with Gasteiger partial charge < -0.3 is 14.9 Å². The molecule has 0 amide bonds. The third kappa shape index (κ3) is 2.26. The average molecular weight is 213 g/mol. The lowest BCUT2D eigenvalue weighted by molar-refractivity contribution is -0.389. The van der Waals surface area contributed by atoms with Gasteiger partial charge in [0.2, 0.25) is 0 Å². The Morgan fingerprint density at radius 2 is 2.20 bits per heavy atom. The van der Waals surface area contributed by atoms with Crippen LogP contribution in [0.15, 0.2) is 6.20 Å². The summed E-state index contributed by atoms with van der Waals surface area (Å²) >= 11 is 0. The van der Waals surface area contributed by atoms with Crippen LogP contribution in [0.3, 0.4) is 0 Å². The van der Waals surface area contributed by atoms with Crippen molar-refractivity contribution in [2.45, 2.75) is 39.8 Å². The Hall–Kier alpha value is -1.59. The van der Waals surface area contributed by atoms with E-state index in [4.69, 9.17) is 4.74 Å². The lowest BCUT2D eigenvalue weighted by Crippen LogP contribution is -2.26. The van der Waals surface area contributed by atoms with Gasteiger partial charge in [-0.25, -0.2) is 0 Å². The van der Waals surface area contributed by atoms with Crippen molar-refractivity contribution < 1.29 is 9.66 Å². The highest BCUT2D eigenvalue weighted by Crippen LogP contribution is 2.29. The summed E-state index contributed by atoms with van der Waals surface area (Å²) in [4.78, 5) is 13.5. The molecule has 0 spiro atoms. The smallest absolute Gasteiger partial charge is 0.414 e. The number of hydrogen-bond acceptors (Lipinski definition) is 4. The highest BCUT2D eigenvalue weighted by molar-refractivity contribution is 5.23. The van der Waals surface area contributed by atoms with Crippen LogP contribution in [0.5, 0.6) is 6.01 Å². The van der Waals surface area contributed by atoms with Crippen LogP contribution in [0.2, 0.25) is 0 Å². The van der Waals surface area contributed by atoms with Gasteiger partial charge in [-0.1, -0.05) is 13.8 Å². The first-order chi connectivity index (χ1) is 6.98. The monoisotopic (exact) mass is 213 g/mol. The zero-order chi connectivity index (χ0) is 11.6. The van der Waals surface area contributed by atoms with Gasteiger partial charge in [0, 0.05) is 4.98 Å². The number of nitrogens with zero attached hydrogens (tertiary/aromatic N) is 3. The molecule has 1 aliphatic heterocycles. The molecular weight excluding hydrogens is 198 g/mol. The van der Waals surface area contributed by atoms with Crippen molar-refractivity contribution in [2.75, 3.05) is 0 Å². The molecule has 0 aliphatic carbocycles. The quantitative estimate of drug-likeness (QED) is 0.528. The summed E-state index contributed by atoms with van der Waals surface area (Å²) in [5, 5.41) is 10.3. The van der Waals surface area contributed by atoms with Crippen LogP contribution in [-0.2, 0) is 6.54 Å². The molecule has 1 aromatic rings. The van der Waals surface area contributed by atoms with E-state index < -0.39 is 4.92 Å².